The SMILES string of the molecule is O=C(CNc1nc2ccccc2s1)N/N=C/c1cc(Cl)ccc1O. The number of rotatable bonds is 5. The fourth-order valence-electron chi connectivity index (χ4n) is 1.95. The molecule has 0 unspecified atom stereocenters. The van der Waals surface area contributed by atoms with Crippen LogP contribution in [0.25, 0.3) is 10.2 Å². The number of amides is 1. The van der Waals surface area contributed by atoms with E-state index in [1.54, 1.807) is 12.1 Å². The highest BCUT2D eigenvalue weighted by Crippen LogP contribution is 2.25. The second kappa shape index (κ2) is 7.29. The van der Waals surface area contributed by atoms with Crippen molar-refractivity contribution in [2.24, 2.45) is 5.10 Å². The smallest absolute Gasteiger partial charge is 0.259 e. The summed E-state index contributed by atoms with van der Waals surface area (Å²) >= 11 is 7.31. The van der Waals surface area contributed by atoms with Gasteiger partial charge in [-0.15, -0.1) is 0 Å². The quantitative estimate of drug-likeness (QED) is 0.481. The number of phenolic OH excluding ortho intramolecular Hbond substituents is 1. The van der Waals surface area contributed by atoms with E-state index in [1.165, 1.54) is 23.6 Å². The van der Waals surface area contributed by atoms with E-state index in [-0.39, 0.29) is 18.2 Å². The molecule has 0 saturated heterocycles. The molecule has 0 radical (unpaired) electrons. The molecule has 3 N–H and O–H groups in total. The molecule has 0 atom stereocenters. The first-order chi connectivity index (χ1) is 11.6. The van der Waals surface area contributed by atoms with Crippen LogP contribution in [0.5, 0.6) is 5.75 Å². The van der Waals surface area contributed by atoms with Crippen LogP contribution in [-0.2, 0) is 4.79 Å². The minimum absolute atomic E-state index is 0.0324. The minimum Gasteiger partial charge on any atom is -0.507 e. The molecule has 2 aromatic carbocycles. The molecule has 0 aliphatic rings. The molecule has 0 bridgehead atoms. The Hall–Kier alpha value is -2.64. The summed E-state index contributed by atoms with van der Waals surface area (Å²) in [7, 11) is 0. The van der Waals surface area contributed by atoms with E-state index in [0.29, 0.717) is 15.7 Å². The number of hydrogen-bond acceptors (Lipinski definition) is 6. The number of carbonyl (C=O) groups is 1. The molecule has 0 aliphatic heterocycles. The van der Waals surface area contributed by atoms with Crippen LogP contribution in [0.2, 0.25) is 5.02 Å². The maximum atomic E-state index is 11.8. The lowest BCUT2D eigenvalue weighted by Gasteiger charge is -2.02. The number of carbonyl (C=O) groups excluding carboxylic acids is 1. The van der Waals surface area contributed by atoms with E-state index in [0.717, 1.165) is 10.2 Å². The van der Waals surface area contributed by atoms with Crippen molar-refractivity contribution in [2.45, 2.75) is 0 Å². The van der Waals surface area contributed by atoms with Gasteiger partial charge in [-0.3, -0.25) is 4.79 Å². The largest absolute Gasteiger partial charge is 0.507 e. The first-order valence-corrected chi connectivity index (χ1v) is 8.21. The van der Waals surface area contributed by atoms with Gasteiger partial charge in [0.1, 0.15) is 5.75 Å². The van der Waals surface area contributed by atoms with Crippen LogP contribution in [0.1, 0.15) is 5.56 Å². The number of thiazole rings is 1. The molecule has 0 fully saturated rings. The Labute approximate surface area is 146 Å². The molecule has 3 aromatic rings. The van der Waals surface area contributed by atoms with Gasteiger partial charge in [0.2, 0.25) is 0 Å². The maximum Gasteiger partial charge on any atom is 0.259 e. The van der Waals surface area contributed by atoms with Crippen LogP contribution in [0.4, 0.5) is 5.13 Å². The van der Waals surface area contributed by atoms with Crippen molar-refractivity contribution >= 4 is 50.4 Å². The van der Waals surface area contributed by atoms with Gasteiger partial charge in [0, 0.05) is 10.6 Å². The van der Waals surface area contributed by atoms with Crippen molar-refractivity contribution in [3.8, 4) is 5.75 Å². The Morgan fingerprint density at radius 2 is 2.17 bits per heavy atom. The van der Waals surface area contributed by atoms with Gasteiger partial charge in [0.15, 0.2) is 5.13 Å². The van der Waals surface area contributed by atoms with E-state index in [2.05, 4.69) is 20.8 Å². The molecule has 122 valence electrons. The molecule has 1 aromatic heterocycles. The van der Waals surface area contributed by atoms with Gasteiger partial charge in [0.25, 0.3) is 5.91 Å². The average Bonchev–Trinajstić information content (AvgIpc) is 2.99. The predicted molar refractivity (Wildman–Crippen MR) is 97.0 cm³/mol. The van der Waals surface area contributed by atoms with Crippen molar-refractivity contribution in [2.75, 3.05) is 11.9 Å². The number of hydrogen-bond donors (Lipinski definition) is 3. The maximum absolute atomic E-state index is 11.8. The van der Waals surface area contributed by atoms with Gasteiger partial charge in [-0.05, 0) is 30.3 Å². The highest BCUT2D eigenvalue weighted by molar-refractivity contribution is 7.22. The first kappa shape index (κ1) is 16.2. The summed E-state index contributed by atoms with van der Waals surface area (Å²) in [6.45, 7) is 0.0404. The van der Waals surface area contributed by atoms with Crippen LogP contribution < -0.4 is 10.7 Å². The Bertz CT molecular complexity index is 877. The molecule has 1 amide bonds. The highest BCUT2D eigenvalue weighted by atomic mass is 35.5. The standard InChI is InChI=1S/C16H13ClN4O2S/c17-11-5-6-13(22)10(7-11)8-19-21-15(23)9-18-16-20-12-3-1-2-4-14(12)24-16/h1-8,22H,9H2,(H,18,20)(H,21,23)/b19-8+. The summed E-state index contributed by atoms with van der Waals surface area (Å²) in [6.07, 6.45) is 1.33. The van der Waals surface area contributed by atoms with Crippen LogP contribution >= 0.6 is 22.9 Å². The third kappa shape index (κ3) is 4.01. The lowest BCUT2D eigenvalue weighted by Crippen LogP contribution is -2.25. The van der Waals surface area contributed by atoms with E-state index in [1.807, 2.05) is 24.3 Å². The second-order valence-corrected chi connectivity index (χ2v) is 6.30. The number of nitrogens with one attached hydrogen (secondary N) is 2. The summed E-state index contributed by atoms with van der Waals surface area (Å²) in [5, 5.41) is 17.5. The lowest BCUT2D eigenvalue weighted by molar-refractivity contribution is -0.119. The minimum atomic E-state index is -0.327. The molecule has 8 heteroatoms. The summed E-state index contributed by atoms with van der Waals surface area (Å²) in [4.78, 5) is 16.1. The number of nitrogens with zero attached hydrogens (tertiary/aromatic N) is 2. The van der Waals surface area contributed by atoms with Gasteiger partial charge < -0.3 is 10.4 Å². The lowest BCUT2D eigenvalue weighted by atomic mass is 10.2. The van der Waals surface area contributed by atoms with Gasteiger partial charge in [-0.25, -0.2) is 10.4 Å². The summed E-state index contributed by atoms with van der Waals surface area (Å²) < 4.78 is 1.05. The number of aromatic nitrogens is 1. The van der Waals surface area contributed by atoms with Crippen LogP contribution in [0.3, 0.4) is 0 Å². The Morgan fingerprint density at radius 1 is 1.33 bits per heavy atom. The molecule has 24 heavy (non-hydrogen) atoms. The van der Waals surface area contributed by atoms with Gasteiger partial charge >= 0.3 is 0 Å². The van der Waals surface area contributed by atoms with Gasteiger partial charge in [0.05, 0.1) is 23.0 Å². The van der Waals surface area contributed by atoms with Crippen LogP contribution in [-0.4, -0.2) is 28.8 Å². The van der Waals surface area contributed by atoms with Crippen LogP contribution in [0, 0.1) is 0 Å². The molecule has 6 nitrogen and oxygen atoms in total. The van der Waals surface area contributed by atoms with Crippen molar-refractivity contribution in [3.63, 3.8) is 0 Å². The number of phenols is 1. The van der Waals surface area contributed by atoms with Crippen molar-refractivity contribution in [3.05, 3.63) is 53.1 Å². The number of fused-ring (bicyclic) bond motifs is 1. The first-order valence-electron chi connectivity index (χ1n) is 7.02. The number of benzene rings is 2. The predicted octanol–water partition coefficient (Wildman–Crippen LogP) is 3.22. The van der Waals surface area contributed by atoms with E-state index in [9.17, 15) is 9.90 Å². The zero-order valence-corrected chi connectivity index (χ0v) is 13.9. The Balaban J connectivity index is 1.54. The third-order valence-corrected chi connectivity index (χ3v) is 4.31. The zero-order valence-electron chi connectivity index (χ0n) is 12.4. The van der Waals surface area contributed by atoms with E-state index in [4.69, 9.17) is 11.6 Å². The van der Waals surface area contributed by atoms with Crippen molar-refractivity contribution in [1.29, 1.82) is 0 Å². The van der Waals surface area contributed by atoms with Gasteiger partial charge in [-0.2, -0.15) is 5.10 Å². The molecule has 3 rings (SSSR count). The summed E-state index contributed by atoms with van der Waals surface area (Å²) in [6, 6.07) is 12.3. The van der Waals surface area contributed by atoms with Crippen molar-refractivity contribution < 1.29 is 9.90 Å². The molecule has 0 aliphatic carbocycles. The Kier molecular flexibility index (Phi) is 4.93. The summed E-state index contributed by atoms with van der Waals surface area (Å²) in [5.41, 5.74) is 3.68. The number of halogens is 1. The fourth-order valence-corrected chi connectivity index (χ4v) is 2.99. The number of anilines is 1. The normalized spacial score (nSPS) is 11.0. The third-order valence-electron chi connectivity index (χ3n) is 3.08. The summed E-state index contributed by atoms with van der Waals surface area (Å²) in [5.74, 6) is -0.294. The second-order valence-electron chi connectivity index (χ2n) is 4.84. The number of para-hydroxylation sites is 1. The molecular formula is C16H13ClN4O2S. The van der Waals surface area contributed by atoms with Crippen molar-refractivity contribution in [1.82, 2.24) is 10.4 Å². The van der Waals surface area contributed by atoms with Crippen LogP contribution in [0.15, 0.2) is 47.6 Å². The Morgan fingerprint density at radius 3 is 3.00 bits per heavy atom. The number of hydrazone groups is 1. The molecular weight excluding hydrogens is 348 g/mol. The van der Waals surface area contributed by atoms with E-state index >= 15 is 0 Å². The molecule has 1 heterocycles. The molecule has 0 saturated carbocycles. The average molecular weight is 361 g/mol. The highest BCUT2D eigenvalue weighted by Gasteiger charge is 2.05. The van der Waals surface area contributed by atoms with Gasteiger partial charge in [-0.1, -0.05) is 35.1 Å². The monoisotopic (exact) mass is 360 g/mol. The van der Waals surface area contributed by atoms with E-state index < -0.39 is 0 Å². The zero-order chi connectivity index (χ0) is 16.9. The molecule has 0 spiro atoms. The fraction of sp³-hybridized carbons (Fsp3) is 0.0625. The number of aromatic hydroxyl groups is 1. The topological polar surface area (TPSA) is 86.6 Å².